The Morgan fingerprint density at radius 2 is 1.94 bits per heavy atom. The summed E-state index contributed by atoms with van der Waals surface area (Å²) in [5, 5.41) is 2.85. The van der Waals surface area contributed by atoms with Crippen LogP contribution in [0.4, 0.5) is 5.69 Å². The number of hydrogen-bond donors (Lipinski definition) is 2. The molecule has 4 nitrogen and oxygen atoms in total. The van der Waals surface area contributed by atoms with Crippen LogP contribution in [0.2, 0.25) is 0 Å². The van der Waals surface area contributed by atoms with E-state index in [1.807, 2.05) is 38.2 Å². The first-order chi connectivity index (χ1) is 8.51. The zero-order valence-electron chi connectivity index (χ0n) is 11.2. The van der Waals surface area contributed by atoms with E-state index in [2.05, 4.69) is 11.9 Å². The van der Waals surface area contributed by atoms with Crippen LogP contribution in [0.15, 0.2) is 36.4 Å². The van der Waals surface area contributed by atoms with Crippen LogP contribution in [0.3, 0.4) is 0 Å². The summed E-state index contributed by atoms with van der Waals surface area (Å²) in [5.74, 6) is 0.775. The van der Waals surface area contributed by atoms with Crippen LogP contribution in [0.5, 0.6) is 5.75 Å². The van der Waals surface area contributed by atoms with Gasteiger partial charge in [0, 0.05) is 5.69 Å². The van der Waals surface area contributed by atoms with Gasteiger partial charge in [-0.3, -0.25) is 4.79 Å². The zero-order valence-corrected chi connectivity index (χ0v) is 11.2. The summed E-state index contributed by atoms with van der Waals surface area (Å²) in [6, 6.07) is 7.29. The van der Waals surface area contributed by atoms with E-state index in [0.29, 0.717) is 6.54 Å². The van der Waals surface area contributed by atoms with Crippen molar-refractivity contribution >= 4 is 11.6 Å². The number of methoxy groups -OCH3 is 1. The summed E-state index contributed by atoms with van der Waals surface area (Å²) >= 11 is 0. The van der Waals surface area contributed by atoms with Crippen LogP contribution in [0.25, 0.3) is 0 Å². The molecule has 0 bridgehead atoms. The van der Waals surface area contributed by atoms with Gasteiger partial charge in [0.2, 0.25) is 0 Å². The Bertz CT molecular complexity index is 412. The first-order valence-electron chi connectivity index (χ1n) is 5.91. The number of quaternary nitrogens is 1. The fourth-order valence-corrected chi connectivity index (χ4v) is 1.73. The van der Waals surface area contributed by atoms with E-state index < -0.39 is 0 Å². The van der Waals surface area contributed by atoms with Gasteiger partial charge in [0.15, 0.2) is 6.54 Å². The number of amides is 1. The van der Waals surface area contributed by atoms with Crippen molar-refractivity contribution in [2.24, 2.45) is 0 Å². The number of anilines is 1. The summed E-state index contributed by atoms with van der Waals surface area (Å²) in [6.07, 6.45) is 0. The molecule has 4 heteroatoms. The summed E-state index contributed by atoms with van der Waals surface area (Å²) in [7, 11) is 3.59. The lowest BCUT2D eigenvalue weighted by molar-refractivity contribution is -0.865. The number of carbonyl (C=O) groups is 1. The van der Waals surface area contributed by atoms with Crippen molar-refractivity contribution in [1.82, 2.24) is 0 Å². The fraction of sp³-hybridized carbons (Fsp3) is 0.357. The quantitative estimate of drug-likeness (QED) is 0.730. The van der Waals surface area contributed by atoms with Crippen molar-refractivity contribution in [1.29, 1.82) is 0 Å². The predicted octanol–water partition coefficient (Wildman–Crippen LogP) is 0.725. The van der Waals surface area contributed by atoms with E-state index in [1.165, 1.54) is 0 Å². The van der Waals surface area contributed by atoms with Gasteiger partial charge in [-0.25, -0.2) is 0 Å². The first-order valence-corrected chi connectivity index (χ1v) is 5.91. The van der Waals surface area contributed by atoms with Crippen LogP contribution in [0, 0.1) is 0 Å². The molecule has 98 valence electrons. The SMILES string of the molecule is C=C(C)C[NH+](C)CC(=O)Nc1ccc(OC)cc1. The number of ether oxygens (including phenoxy) is 1. The third-order valence-corrected chi connectivity index (χ3v) is 2.44. The van der Waals surface area contributed by atoms with E-state index in [9.17, 15) is 4.79 Å². The van der Waals surface area contributed by atoms with Gasteiger partial charge in [-0.2, -0.15) is 0 Å². The van der Waals surface area contributed by atoms with Crippen LogP contribution in [-0.2, 0) is 4.79 Å². The van der Waals surface area contributed by atoms with Gasteiger partial charge in [0.1, 0.15) is 5.75 Å². The highest BCUT2D eigenvalue weighted by Gasteiger charge is 2.09. The highest BCUT2D eigenvalue weighted by atomic mass is 16.5. The maximum atomic E-state index is 11.8. The van der Waals surface area contributed by atoms with E-state index in [0.717, 1.165) is 28.5 Å². The third kappa shape index (κ3) is 5.01. The number of benzene rings is 1. The molecule has 1 unspecified atom stereocenters. The van der Waals surface area contributed by atoms with Crippen molar-refractivity contribution in [3.05, 3.63) is 36.4 Å². The minimum absolute atomic E-state index is 0.00100. The van der Waals surface area contributed by atoms with Gasteiger partial charge in [-0.1, -0.05) is 6.58 Å². The third-order valence-electron chi connectivity index (χ3n) is 2.44. The predicted molar refractivity (Wildman–Crippen MR) is 73.1 cm³/mol. The Balaban J connectivity index is 2.46. The molecular formula is C14H21N2O2+. The highest BCUT2D eigenvalue weighted by molar-refractivity contribution is 5.91. The van der Waals surface area contributed by atoms with E-state index in [1.54, 1.807) is 7.11 Å². The topological polar surface area (TPSA) is 42.8 Å². The van der Waals surface area contributed by atoms with Crippen LogP contribution in [-0.4, -0.2) is 33.2 Å². The Labute approximate surface area is 108 Å². The van der Waals surface area contributed by atoms with E-state index >= 15 is 0 Å². The van der Waals surface area contributed by atoms with Gasteiger partial charge in [-0.05, 0) is 36.8 Å². The molecule has 0 aliphatic carbocycles. The molecule has 0 spiro atoms. The van der Waals surface area contributed by atoms with Gasteiger partial charge in [0.05, 0.1) is 20.7 Å². The van der Waals surface area contributed by atoms with Crippen molar-refractivity contribution in [3.8, 4) is 5.75 Å². The summed E-state index contributed by atoms with van der Waals surface area (Å²) in [5.41, 5.74) is 1.86. The standard InChI is InChI=1S/C14H20N2O2/c1-11(2)9-16(3)10-14(17)15-12-5-7-13(18-4)8-6-12/h5-8H,1,9-10H2,2-4H3,(H,15,17)/p+1. The molecule has 1 atom stereocenters. The van der Waals surface area contributed by atoms with Gasteiger partial charge < -0.3 is 15.0 Å². The molecular weight excluding hydrogens is 228 g/mol. The molecule has 0 saturated heterocycles. The maximum Gasteiger partial charge on any atom is 0.279 e. The molecule has 1 rings (SSSR count). The second-order valence-electron chi connectivity index (χ2n) is 4.54. The Hall–Kier alpha value is -1.81. The van der Waals surface area contributed by atoms with Gasteiger partial charge >= 0.3 is 0 Å². The molecule has 0 heterocycles. The molecule has 1 aromatic carbocycles. The molecule has 0 radical (unpaired) electrons. The largest absolute Gasteiger partial charge is 0.497 e. The number of nitrogens with one attached hydrogen (secondary N) is 2. The molecule has 1 amide bonds. The molecule has 2 N–H and O–H groups in total. The number of hydrogen-bond acceptors (Lipinski definition) is 2. The summed E-state index contributed by atoms with van der Waals surface area (Å²) in [6.45, 7) is 7.03. The van der Waals surface area contributed by atoms with Gasteiger partial charge in [-0.15, -0.1) is 0 Å². The van der Waals surface area contributed by atoms with Crippen molar-refractivity contribution in [3.63, 3.8) is 0 Å². The minimum Gasteiger partial charge on any atom is -0.497 e. The first kappa shape index (κ1) is 14.3. The van der Waals surface area contributed by atoms with E-state index in [4.69, 9.17) is 4.74 Å². The van der Waals surface area contributed by atoms with Gasteiger partial charge in [0.25, 0.3) is 5.91 Å². The molecule has 0 aliphatic heterocycles. The lowest BCUT2D eigenvalue weighted by Gasteiger charge is -2.13. The molecule has 1 aromatic rings. The second-order valence-corrected chi connectivity index (χ2v) is 4.54. The van der Waals surface area contributed by atoms with Crippen LogP contribution in [0.1, 0.15) is 6.92 Å². The van der Waals surface area contributed by atoms with Crippen LogP contribution < -0.4 is 15.0 Å². The molecule has 0 aromatic heterocycles. The second kappa shape index (κ2) is 6.81. The Morgan fingerprint density at radius 3 is 2.44 bits per heavy atom. The summed E-state index contributed by atoms with van der Waals surface area (Å²) < 4.78 is 5.06. The average Bonchev–Trinajstić information content (AvgIpc) is 2.28. The normalized spacial score (nSPS) is 11.7. The number of rotatable bonds is 6. The zero-order chi connectivity index (χ0) is 13.5. The molecule has 0 aliphatic rings. The van der Waals surface area contributed by atoms with Crippen molar-refractivity contribution in [2.45, 2.75) is 6.92 Å². The van der Waals surface area contributed by atoms with E-state index in [-0.39, 0.29) is 5.91 Å². The smallest absolute Gasteiger partial charge is 0.279 e. The molecule has 18 heavy (non-hydrogen) atoms. The van der Waals surface area contributed by atoms with Crippen molar-refractivity contribution in [2.75, 3.05) is 32.6 Å². The molecule has 0 saturated carbocycles. The van der Waals surface area contributed by atoms with Crippen molar-refractivity contribution < 1.29 is 14.4 Å². The Morgan fingerprint density at radius 1 is 1.33 bits per heavy atom. The molecule has 0 fully saturated rings. The fourth-order valence-electron chi connectivity index (χ4n) is 1.73. The lowest BCUT2D eigenvalue weighted by Crippen LogP contribution is -3.10. The average molecular weight is 249 g/mol. The highest BCUT2D eigenvalue weighted by Crippen LogP contribution is 2.14. The monoisotopic (exact) mass is 249 g/mol. The Kier molecular flexibility index (Phi) is 5.39. The summed E-state index contributed by atoms with van der Waals surface area (Å²) in [4.78, 5) is 12.9. The number of carbonyl (C=O) groups excluding carboxylic acids is 1. The maximum absolute atomic E-state index is 11.8. The van der Waals surface area contributed by atoms with Crippen LogP contribution >= 0.6 is 0 Å². The number of likely N-dealkylation sites (N-methyl/N-ethyl adjacent to an activating group) is 1. The lowest BCUT2D eigenvalue weighted by atomic mass is 10.3. The minimum atomic E-state index is -0.00100.